The molecule has 100 valence electrons. The predicted molar refractivity (Wildman–Crippen MR) is 66.8 cm³/mol. The third kappa shape index (κ3) is 4.19. The molecule has 0 aromatic carbocycles. The molecular formula is C13H25NO3. The zero-order valence-electron chi connectivity index (χ0n) is 11.6. The Bertz CT molecular complexity index is 270. The van der Waals surface area contributed by atoms with Gasteiger partial charge in [-0.3, -0.25) is 0 Å². The number of hydrogen-bond acceptors (Lipinski definition) is 3. The fourth-order valence-electron chi connectivity index (χ4n) is 2.19. The summed E-state index contributed by atoms with van der Waals surface area (Å²) < 4.78 is 5.37. The van der Waals surface area contributed by atoms with Crippen LogP contribution in [-0.4, -0.2) is 40.4 Å². The second-order valence-electron chi connectivity index (χ2n) is 6.11. The molecule has 1 N–H and O–H groups in total. The Morgan fingerprint density at radius 3 is 2.53 bits per heavy atom. The van der Waals surface area contributed by atoms with E-state index in [1.54, 1.807) is 11.8 Å². The molecule has 1 saturated heterocycles. The fourth-order valence-corrected chi connectivity index (χ4v) is 2.19. The maximum absolute atomic E-state index is 12.0. The minimum Gasteiger partial charge on any atom is -0.444 e. The lowest BCUT2D eigenvalue weighted by Gasteiger charge is -2.40. The molecule has 0 saturated carbocycles. The van der Waals surface area contributed by atoms with E-state index in [-0.39, 0.29) is 12.1 Å². The Morgan fingerprint density at radius 1 is 1.47 bits per heavy atom. The lowest BCUT2D eigenvalue weighted by Crippen LogP contribution is -2.52. The van der Waals surface area contributed by atoms with Gasteiger partial charge in [-0.05, 0) is 46.5 Å². The lowest BCUT2D eigenvalue weighted by atomic mass is 9.90. The number of ether oxygens (including phenoxy) is 1. The summed E-state index contributed by atoms with van der Waals surface area (Å²) in [5, 5.41) is 9.76. The van der Waals surface area contributed by atoms with Crippen molar-refractivity contribution in [2.24, 2.45) is 5.92 Å². The van der Waals surface area contributed by atoms with Crippen molar-refractivity contribution in [3.8, 4) is 0 Å². The number of aliphatic hydroxyl groups is 1. The second-order valence-corrected chi connectivity index (χ2v) is 6.11. The van der Waals surface area contributed by atoms with E-state index < -0.39 is 11.7 Å². The molecule has 1 heterocycles. The van der Waals surface area contributed by atoms with E-state index in [2.05, 4.69) is 6.92 Å². The highest BCUT2D eigenvalue weighted by molar-refractivity contribution is 5.68. The summed E-state index contributed by atoms with van der Waals surface area (Å²) in [6, 6.07) is -0.117. The number of aliphatic hydroxyl groups excluding tert-OH is 1. The first kappa shape index (κ1) is 14.3. The highest BCUT2D eigenvalue weighted by atomic mass is 16.6. The first-order valence-corrected chi connectivity index (χ1v) is 6.38. The molecule has 1 amide bonds. The number of carbonyl (C=O) groups excluding carboxylic acids is 1. The number of piperidine rings is 1. The summed E-state index contributed by atoms with van der Waals surface area (Å²) in [7, 11) is 0. The van der Waals surface area contributed by atoms with Crippen molar-refractivity contribution >= 4 is 6.09 Å². The Kier molecular flexibility index (Phi) is 4.42. The summed E-state index contributed by atoms with van der Waals surface area (Å²) in [6.07, 6.45) is 1.000. The second kappa shape index (κ2) is 5.25. The summed E-state index contributed by atoms with van der Waals surface area (Å²) in [5.41, 5.74) is -0.483. The number of nitrogens with zero attached hydrogens (tertiary/aromatic N) is 1. The van der Waals surface area contributed by atoms with Crippen molar-refractivity contribution in [3.05, 3.63) is 0 Å². The molecule has 3 unspecified atom stereocenters. The molecule has 17 heavy (non-hydrogen) atoms. The average Bonchev–Trinajstić information content (AvgIpc) is 2.14. The van der Waals surface area contributed by atoms with Gasteiger partial charge in [0, 0.05) is 6.54 Å². The summed E-state index contributed by atoms with van der Waals surface area (Å²) in [4.78, 5) is 13.7. The van der Waals surface area contributed by atoms with E-state index in [1.165, 1.54) is 0 Å². The van der Waals surface area contributed by atoms with E-state index in [4.69, 9.17) is 4.74 Å². The van der Waals surface area contributed by atoms with Crippen LogP contribution in [0.1, 0.15) is 47.5 Å². The standard InChI is InChI=1S/C13H25NO3/c1-9-6-7-14(11(8-9)10(2)15)12(16)17-13(3,4)5/h9-11,15H,6-8H2,1-5H3. The zero-order valence-corrected chi connectivity index (χ0v) is 11.6. The van der Waals surface area contributed by atoms with Crippen molar-refractivity contribution in [2.75, 3.05) is 6.54 Å². The molecule has 0 aromatic rings. The molecule has 1 aliphatic heterocycles. The van der Waals surface area contributed by atoms with E-state index in [9.17, 15) is 9.90 Å². The van der Waals surface area contributed by atoms with Gasteiger partial charge in [-0.2, -0.15) is 0 Å². The summed E-state index contributed by atoms with van der Waals surface area (Å²) >= 11 is 0. The van der Waals surface area contributed by atoms with Gasteiger partial charge >= 0.3 is 6.09 Å². The van der Waals surface area contributed by atoms with E-state index in [1.807, 2.05) is 20.8 Å². The minimum atomic E-state index is -0.509. The molecule has 1 rings (SSSR count). The van der Waals surface area contributed by atoms with Crippen LogP contribution < -0.4 is 0 Å². The molecule has 3 atom stereocenters. The van der Waals surface area contributed by atoms with Gasteiger partial charge in [0.05, 0.1) is 12.1 Å². The first-order valence-electron chi connectivity index (χ1n) is 6.38. The normalized spacial score (nSPS) is 27.8. The highest BCUT2D eigenvalue weighted by Gasteiger charge is 2.35. The number of hydrogen-bond donors (Lipinski definition) is 1. The smallest absolute Gasteiger partial charge is 0.410 e. The van der Waals surface area contributed by atoms with Gasteiger partial charge in [0.1, 0.15) is 5.60 Å². The van der Waals surface area contributed by atoms with Gasteiger partial charge < -0.3 is 14.7 Å². The van der Waals surface area contributed by atoms with Crippen LogP contribution in [0.4, 0.5) is 4.79 Å². The highest BCUT2D eigenvalue weighted by Crippen LogP contribution is 2.26. The van der Waals surface area contributed by atoms with Crippen molar-refractivity contribution in [1.29, 1.82) is 0 Å². The van der Waals surface area contributed by atoms with Crippen molar-refractivity contribution in [3.63, 3.8) is 0 Å². The van der Waals surface area contributed by atoms with Crippen LogP contribution >= 0.6 is 0 Å². The maximum Gasteiger partial charge on any atom is 0.410 e. The Hall–Kier alpha value is -0.770. The molecule has 1 fully saturated rings. The topological polar surface area (TPSA) is 49.8 Å². The van der Waals surface area contributed by atoms with Crippen molar-refractivity contribution in [1.82, 2.24) is 4.90 Å². The molecule has 1 aliphatic rings. The Morgan fingerprint density at radius 2 is 2.06 bits per heavy atom. The van der Waals surface area contributed by atoms with Crippen LogP contribution in [0.15, 0.2) is 0 Å². The van der Waals surface area contributed by atoms with Crippen LogP contribution in [0.25, 0.3) is 0 Å². The fraction of sp³-hybridized carbons (Fsp3) is 0.923. The van der Waals surface area contributed by atoms with Crippen LogP contribution in [0.5, 0.6) is 0 Å². The van der Waals surface area contributed by atoms with Gasteiger partial charge in [0.15, 0.2) is 0 Å². The summed E-state index contributed by atoms with van der Waals surface area (Å²) in [6.45, 7) is 10.1. The molecular weight excluding hydrogens is 218 g/mol. The Labute approximate surface area is 104 Å². The Balaban J connectivity index is 2.70. The SMILES string of the molecule is CC1CCN(C(=O)OC(C)(C)C)C(C(C)O)C1. The zero-order chi connectivity index (χ0) is 13.2. The van der Waals surface area contributed by atoms with Crippen molar-refractivity contribution in [2.45, 2.75) is 65.2 Å². The van der Waals surface area contributed by atoms with Crippen LogP contribution in [0.2, 0.25) is 0 Å². The monoisotopic (exact) mass is 243 g/mol. The molecule has 0 aliphatic carbocycles. The number of likely N-dealkylation sites (tertiary alicyclic amines) is 1. The maximum atomic E-state index is 12.0. The molecule has 0 radical (unpaired) electrons. The minimum absolute atomic E-state index is 0.117. The molecule has 4 nitrogen and oxygen atoms in total. The quantitative estimate of drug-likeness (QED) is 0.769. The third-order valence-electron chi connectivity index (χ3n) is 3.09. The van der Waals surface area contributed by atoms with Gasteiger partial charge in [-0.25, -0.2) is 4.79 Å². The molecule has 4 heteroatoms. The predicted octanol–water partition coefficient (Wildman–Crippen LogP) is 2.40. The average molecular weight is 243 g/mol. The van der Waals surface area contributed by atoms with Gasteiger partial charge in [-0.1, -0.05) is 6.92 Å². The molecule has 0 bridgehead atoms. The lowest BCUT2D eigenvalue weighted by molar-refractivity contribution is -0.0191. The first-order chi connectivity index (χ1) is 7.70. The van der Waals surface area contributed by atoms with E-state index in [0.717, 1.165) is 12.8 Å². The van der Waals surface area contributed by atoms with Crippen LogP contribution in [-0.2, 0) is 4.74 Å². The van der Waals surface area contributed by atoms with Gasteiger partial charge in [0.2, 0.25) is 0 Å². The number of carbonyl (C=O) groups is 1. The van der Waals surface area contributed by atoms with Crippen molar-refractivity contribution < 1.29 is 14.6 Å². The molecule has 0 spiro atoms. The van der Waals surface area contributed by atoms with E-state index >= 15 is 0 Å². The number of rotatable bonds is 1. The van der Waals surface area contributed by atoms with E-state index in [0.29, 0.717) is 12.5 Å². The largest absolute Gasteiger partial charge is 0.444 e. The van der Waals surface area contributed by atoms with Gasteiger partial charge in [-0.15, -0.1) is 0 Å². The third-order valence-corrected chi connectivity index (χ3v) is 3.09. The van der Waals surface area contributed by atoms with Crippen LogP contribution in [0, 0.1) is 5.92 Å². The van der Waals surface area contributed by atoms with Crippen LogP contribution in [0.3, 0.4) is 0 Å². The summed E-state index contributed by atoms with van der Waals surface area (Å²) in [5.74, 6) is 0.549. The molecule has 0 aromatic heterocycles. The van der Waals surface area contributed by atoms with Gasteiger partial charge in [0.25, 0.3) is 0 Å². The number of amides is 1.